The summed E-state index contributed by atoms with van der Waals surface area (Å²) in [5.41, 5.74) is 0.447. The van der Waals surface area contributed by atoms with Crippen molar-refractivity contribution in [2.75, 3.05) is 16.8 Å². The molecule has 0 aliphatic carbocycles. The van der Waals surface area contributed by atoms with E-state index < -0.39 is 16.4 Å². The Morgan fingerprint density at radius 3 is 2.52 bits per heavy atom. The molecule has 0 saturated carbocycles. The lowest BCUT2D eigenvalue weighted by molar-refractivity contribution is -0.116. The molecule has 0 bridgehead atoms. The van der Waals surface area contributed by atoms with Gasteiger partial charge in [0.2, 0.25) is 5.91 Å². The van der Waals surface area contributed by atoms with Crippen molar-refractivity contribution >= 4 is 21.4 Å². The van der Waals surface area contributed by atoms with Crippen molar-refractivity contribution in [3.63, 3.8) is 0 Å². The second-order valence-electron chi connectivity index (χ2n) is 4.92. The average molecular weight is 319 g/mol. The number of anilines is 1. The summed E-state index contributed by atoms with van der Waals surface area (Å²) >= 11 is 0. The van der Waals surface area contributed by atoms with E-state index in [0.717, 1.165) is 0 Å². The van der Waals surface area contributed by atoms with Gasteiger partial charge >= 0.3 is 6.61 Å². The van der Waals surface area contributed by atoms with Gasteiger partial charge in [0.1, 0.15) is 5.75 Å². The number of sulfone groups is 1. The van der Waals surface area contributed by atoms with Crippen molar-refractivity contribution in [1.82, 2.24) is 0 Å². The summed E-state index contributed by atoms with van der Waals surface area (Å²) in [5, 5.41) is 2.60. The Labute approximate surface area is 121 Å². The maximum absolute atomic E-state index is 12.0. The third kappa shape index (κ3) is 4.96. The quantitative estimate of drug-likeness (QED) is 0.901. The number of alkyl halides is 2. The molecule has 116 valence electrons. The van der Waals surface area contributed by atoms with Crippen molar-refractivity contribution in [1.29, 1.82) is 0 Å². The Morgan fingerprint density at radius 2 is 2.00 bits per heavy atom. The fraction of sp³-hybridized carbons (Fsp3) is 0.462. The molecule has 0 unspecified atom stereocenters. The lowest BCUT2D eigenvalue weighted by Gasteiger charge is -2.09. The van der Waals surface area contributed by atoms with Crippen LogP contribution in [0.15, 0.2) is 24.3 Å². The fourth-order valence-corrected chi connectivity index (χ4v) is 4.09. The molecule has 0 aromatic heterocycles. The second-order valence-corrected chi connectivity index (χ2v) is 7.15. The maximum Gasteiger partial charge on any atom is 0.387 e. The van der Waals surface area contributed by atoms with Crippen LogP contribution in [0.3, 0.4) is 0 Å². The van der Waals surface area contributed by atoms with Crippen LogP contribution >= 0.6 is 0 Å². The minimum absolute atomic E-state index is 0.00452. The molecule has 0 spiro atoms. The molecule has 1 aromatic rings. The van der Waals surface area contributed by atoms with E-state index in [2.05, 4.69) is 10.1 Å². The highest BCUT2D eigenvalue weighted by atomic mass is 32.2. The minimum atomic E-state index is -3.00. The Balaban J connectivity index is 1.85. The van der Waals surface area contributed by atoms with Crippen molar-refractivity contribution in [3.8, 4) is 5.75 Å². The summed E-state index contributed by atoms with van der Waals surface area (Å²) in [6.07, 6.45) is 0.630. The van der Waals surface area contributed by atoms with Crippen LogP contribution in [0.25, 0.3) is 0 Å². The van der Waals surface area contributed by atoms with Crippen LogP contribution in [-0.2, 0) is 14.6 Å². The summed E-state index contributed by atoms with van der Waals surface area (Å²) < 4.78 is 50.8. The number of halogens is 2. The van der Waals surface area contributed by atoms with Crippen LogP contribution in [0.1, 0.15) is 12.8 Å². The lowest BCUT2D eigenvalue weighted by Crippen LogP contribution is -2.17. The highest BCUT2D eigenvalue weighted by Gasteiger charge is 2.29. The third-order valence-electron chi connectivity index (χ3n) is 3.16. The molecule has 1 heterocycles. The number of nitrogens with one attached hydrogen (secondary N) is 1. The van der Waals surface area contributed by atoms with Crippen LogP contribution in [-0.4, -0.2) is 32.4 Å². The number of carbonyl (C=O) groups is 1. The van der Waals surface area contributed by atoms with E-state index in [0.29, 0.717) is 12.1 Å². The predicted molar refractivity (Wildman–Crippen MR) is 73.1 cm³/mol. The Hall–Kier alpha value is -1.70. The molecule has 1 aromatic carbocycles. The lowest BCUT2D eigenvalue weighted by atomic mass is 10.1. The normalized spacial score (nSPS) is 20.4. The molecule has 21 heavy (non-hydrogen) atoms. The Morgan fingerprint density at radius 1 is 1.33 bits per heavy atom. The van der Waals surface area contributed by atoms with E-state index >= 15 is 0 Å². The number of hydrogen-bond acceptors (Lipinski definition) is 4. The van der Waals surface area contributed by atoms with Gasteiger partial charge < -0.3 is 10.1 Å². The average Bonchev–Trinajstić information content (AvgIpc) is 2.70. The van der Waals surface area contributed by atoms with Gasteiger partial charge in [-0.05, 0) is 36.6 Å². The molecule has 1 aliphatic rings. The molecular formula is C13H15F2NO4S. The number of rotatable bonds is 5. The Bertz CT molecular complexity index is 601. The molecule has 1 fully saturated rings. The molecule has 1 amide bonds. The van der Waals surface area contributed by atoms with Gasteiger partial charge in [-0.3, -0.25) is 4.79 Å². The molecule has 1 atom stereocenters. The second kappa shape index (κ2) is 6.38. The summed E-state index contributed by atoms with van der Waals surface area (Å²) in [7, 11) is -3.00. The fourth-order valence-electron chi connectivity index (χ4n) is 2.23. The SMILES string of the molecule is O=C(C[C@@H]1CCS(=O)(=O)C1)Nc1ccc(OC(F)F)cc1. The molecule has 8 heteroatoms. The highest BCUT2D eigenvalue weighted by Crippen LogP contribution is 2.23. The summed E-state index contributed by atoms with van der Waals surface area (Å²) in [5.74, 6) is -0.271. The smallest absolute Gasteiger partial charge is 0.387 e. The first-order valence-corrected chi connectivity index (χ1v) is 8.21. The first kappa shape index (κ1) is 15.7. The standard InChI is InChI=1S/C13H15F2NO4S/c14-13(15)20-11-3-1-10(2-4-11)16-12(17)7-9-5-6-21(18,19)8-9/h1-4,9,13H,5-8H2,(H,16,17)/t9-/m0/s1. The third-order valence-corrected chi connectivity index (χ3v) is 5.00. The van der Waals surface area contributed by atoms with E-state index in [1.165, 1.54) is 24.3 Å². The van der Waals surface area contributed by atoms with Crippen LogP contribution in [0.5, 0.6) is 5.75 Å². The van der Waals surface area contributed by atoms with Crippen LogP contribution in [0.4, 0.5) is 14.5 Å². The summed E-state index contributed by atoms with van der Waals surface area (Å²) in [6, 6.07) is 5.53. The van der Waals surface area contributed by atoms with E-state index in [9.17, 15) is 22.0 Å². The van der Waals surface area contributed by atoms with Crippen molar-refractivity contribution < 1.29 is 26.7 Å². The summed E-state index contributed by atoms with van der Waals surface area (Å²) in [4.78, 5) is 11.8. The van der Waals surface area contributed by atoms with Crippen molar-refractivity contribution in [2.24, 2.45) is 5.92 Å². The number of hydrogen-bond donors (Lipinski definition) is 1. The largest absolute Gasteiger partial charge is 0.435 e. The Kier molecular flexibility index (Phi) is 4.76. The molecule has 1 N–H and O–H groups in total. The van der Waals surface area contributed by atoms with Gasteiger partial charge in [-0.2, -0.15) is 8.78 Å². The minimum Gasteiger partial charge on any atom is -0.435 e. The van der Waals surface area contributed by atoms with E-state index in [1.54, 1.807) is 0 Å². The van der Waals surface area contributed by atoms with Gasteiger partial charge in [0.15, 0.2) is 9.84 Å². The molecule has 5 nitrogen and oxygen atoms in total. The number of benzene rings is 1. The maximum atomic E-state index is 12.0. The van der Waals surface area contributed by atoms with Gasteiger partial charge in [-0.15, -0.1) is 0 Å². The molecular weight excluding hydrogens is 304 g/mol. The number of amides is 1. The van der Waals surface area contributed by atoms with E-state index in [-0.39, 0.29) is 35.5 Å². The van der Waals surface area contributed by atoms with Crippen LogP contribution in [0, 0.1) is 5.92 Å². The molecule has 1 aliphatic heterocycles. The highest BCUT2D eigenvalue weighted by molar-refractivity contribution is 7.91. The van der Waals surface area contributed by atoms with Gasteiger partial charge in [-0.25, -0.2) is 8.42 Å². The molecule has 0 radical (unpaired) electrons. The van der Waals surface area contributed by atoms with Crippen molar-refractivity contribution in [3.05, 3.63) is 24.3 Å². The zero-order valence-electron chi connectivity index (χ0n) is 11.1. The first-order chi connectivity index (χ1) is 9.84. The van der Waals surface area contributed by atoms with Gasteiger partial charge in [0, 0.05) is 12.1 Å². The predicted octanol–water partition coefficient (Wildman–Crippen LogP) is 2.05. The van der Waals surface area contributed by atoms with Crippen LogP contribution < -0.4 is 10.1 Å². The topological polar surface area (TPSA) is 72.5 Å². The summed E-state index contributed by atoms with van der Waals surface area (Å²) in [6.45, 7) is -2.89. The number of ether oxygens (including phenoxy) is 1. The van der Waals surface area contributed by atoms with Crippen LogP contribution in [0.2, 0.25) is 0 Å². The first-order valence-electron chi connectivity index (χ1n) is 6.39. The van der Waals surface area contributed by atoms with E-state index in [1.807, 2.05) is 0 Å². The van der Waals surface area contributed by atoms with Gasteiger partial charge in [0.25, 0.3) is 0 Å². The molecule has 2 rings (SSSR count). The zero-order valence-corrected chi connectivity index (χ0v) is 11.9. The molecule has 1 saturated heterocycles. The monoisotopic (exact) mass is 319 g/mol. The zero-order chi connectivity index (χ0) is 15.5. The van der Waals surface area contributed by atoms with Gasteiger partial charge in [0.05, 0.1) is 11.5 Å². The number of carbonyl (C=O) groups excluding carboxylic acids is 1. The van der Waals surface area contributed by atoms with Crippen molar-refractivity contribution in [2.45, 2.75) is 19.5 Å². The van der Waals surface area contributed by atoms with Gasteiger partial charge in [-0.1, -0.05) is 0 Å². The van der Waals surface area contributed by atoms with E-state index in [4.69, 9.17) is 0 Å².